The van der Waals surface area contributed by atoms with Gasteiger partial charge in [-0.3, -0.25) is 4.68 Å². The zero-order chi connectivity index (χ0) is 11.4. The monoisotopic (exact) mass is 205 g/mol. The second kappa shape index (κ2) is 4.99. The molecule has 0 aliphatic rings. The van der Waals surface area contributed by atoms with Gasteiger partial charge in [-0.15, -0.1) is 12.3 Å². The molecule has 0 aliphatic carbocycles. The molecule has 0 saturated heterocycles. The summed E-state index contributed by atoms with van der Waals surface area (Å²) in [4.78, 5) is 0. The molecule has 0 radical (unpaired) electrons. The lowest BCUT2D eigenvalue weighted by Gasteiger charge is -2.17. The molecule has 0 saturated carbocycles. The molecule has 0 bridgehead atoms. The molecule has 1 heterocycles. The van der Waals surface area contributed by atoms with Crippen molar-refractivity contribution in [1.82, 2.24) is 15.1 Å². The van der Waals surface area contributed by atoms with E-state index >= 15 is 0 Å². The molecule has 0 aromatic carbocycles. The van der Waals surface area contributed by atoms with E-state index in [4.69, 9.17) is 6.42 Å². The predicted octanol–water partition coefficient (Wildman–Crippen LogP) is 1.79. The summed E-state index contributed by atoms with van der Waals surface area (Å²) in [5.74, 6) is 2.66. The van der Waals surface area contributed by atoms with Gasteiger partial charge in [0.15, 0.2) is 0 Å². The van der Waals surface area contributed by atoms with Gasteiger partial charge >= 0.3 is 0 Å². The van der Waals surface area contributed by atoms with Crippen LogP contribution in [0.15, 0.2) is 6.20 Å². The fraction of sp³-hybridized carbons (Fsp3) is 0.583. The van der Waals surface area contributed by atoms with E-state index in [9.17, 15) is 0 Å². The molecule has 1 N–H and O–H groups in total. The van der Waals surface area contributed by atoms with Gasteiger partial charge in [0.05, 0.1) is 5.69 Å². The Labute approximate surface area is 91.9 Å². The van der Waals surface area contributed by atoms with Gasteiger partial charge in [0.25, 0.3) is 0 Å². The molecule has 1 aromatic heterocycles. The average Bonchev–Trinajstić information content (AvgIpc) is 2.45. The van der Waals surface area contributed by atoms with Crippen LogP contribution in [-0.4, -0.2) is 15.8 Å². The summed E-state index contributed by atoms with van der Waals surface area (Å²) in [7, 11) is 1.94. The van der Waals surface area contributed by atoms with Gasteiger partial charge in [-0.2, -0.15) is 5.10 Å². The van der Waals surface area contributed by atoms with Crippen molar-refractivity contribution in [3.63, 3.8) is 0 Å². The van der Waals surface area contributed by atoms with Crippen molar-refractivity contribution in [2.24, 2.45) is 7.05 Å². The number of nitrogens with one attached hydrogen (secondary N) is 1. The molecule has 3 heteroatoms. The first-order chi connectivity index (χ1) is 7.04. The molecule has 1 rings (SSSR count). The molecular formula is C12H19N3. The number of hydrogen-bond donors (Lipinski definition) is 1. The van der Waals surface area contributed by atoms with Crippen molar-refractivity contribution in [3.8, 4) is 12.3 Å². The number of nitrogens with zero attached hydrogens (tertiary/aromatic N) is 2. The Morgan fingerprint density at radius 1 is 1.60 bits per heavy atom. The van der Waals surface area contributed by atoms with Crippen molar-refractivity contribution < 1.29 is 0 Å². The first-order valence-corrected chi connectivity index (χ1v) is 5.24. The third-order valence-corrected chi connectivity index (χ3v) is 2.48. The number of hydrogen-bond acceptors (Lipinski definition) is 2. The first-order valence-electron chi connectivity index (χ1n) is 5.24. The normalized spacial score (nSPS) is 14.6. The SMILES string of the molecule is C#CCC(C)NC(C)c1cn(C)nc1C. The van der Waals surface area contributed by atoms with Crippen molar-refractivity contribution >= 4 is 0 Å². The predicted molar refractivity (Wildman–Crippen MR) is 62.4 cm³/mol. The molecular weight excluding hydrogens is 186 g/mol. The van der Waals surface area contributed by atoms with Gasteiger partial charge in [-0.05, 0) is 20.8 Å². The molecule has 0 aliphatic heterocycles. The number of aromatic nitrogens is 2. The van der Waals surface area contributed by atoms with E-state index in [2.05, 4.69) is 36.4 Å². The second-order valence-corrected chi connectivity index (χ2v) is 4.04. The smallest absolute Gasteiger partial charge is 0.0641 e. The molecule has 3 nitrogen and oxygen atoms in total. The fourth-order valence-corrected chi connectivity index (χ4v) is 1.80. The fourth-order valence-electron chi connectivity index (χ4n) is 1.80. The summed E-state index contributed by atoms with van der Waals surface area (Å²) >= 11 is 0. The summed E-state index contributed by atoms with van der Waals surface area (Å²) in [6.45, 7) is 6.26. The highest BCUT2D eigenvalue weighted by Gasteiger charge is 2.13. The Morgan fingerprint density at radius 3 is 2.73 bits per heavy atom. The Balaban J connectivity index is 2.65. The van der Waals surface area contributed by atoms with E-state index in [1.165, 1.54) is 5.56 Å². The van der Waals surface area contributed by atoms with E-state index in [1.54, 1.807) is 0 Å². The van der Waals surface area contributed by atoms with Crippen LogP contribution in [0.25, 0.3) is 0 Å². The van der Waals surface area contributed by atoms with Gasteiger partial charge < -0.3 is 5.32 Å². The van der Waals surface area contributed by atoms with Crippen LogP contribution >= 0.6 is 0 Å². The van der Waals surface area contributed by atoms with E-state index < -0.39 is 0 Å². The zero-order valence-electron chi connectivity index (χ0n) is 9.91. The summed E-state index contributed by atoms with van der Waals surface area (Å²) in [5.41, 5.74) is 2.31. The van der Waals surface area contributed by atoms with Gasteiger partial charge in [-0.25, -0.2) is 0 Å². The Morgan fingerprint density at radius 2 is 2.27 bits per heavy atom. The third-order valence-electron chi connectivity index (χ3n) is 2.48. The number of rotatable bonds is 4. The highest BCUT2D eigenvalue weighted by atomic mass is 15.3. The second-order valence-electron chi connectivity index (χ2n) is 4.04. The van der Waals surface area contributed by atoms with Crippen LogP contribution < -0.4 is 5.32 Å². The van der Waals surface area contributed by atoms with Gasteiger partial charge in [0, 0.05) is 37.3 Å². The maximum atomic E-state index is 5.27. The van der Waals surface area contributed by atoms with Crippen LogP contribution in [0.5, 0.6) is 0 Å². The molecule has 1 aromatic rings. The van der Waals surface area contributed by atoms with Crippen LogP contribution in [0.1, 0.15) is 37.6 Å². The van der Waals surface area contributed by atoms with E-state index in [0.29, 0.717) is 12.1 Å². The minimum Gasteiger partial charge on any atom is -0.307 e. The standard InChI is InChI=1S/C12H19N3/c1-6-7-9(2)13-10(3)12-8-15(5)14-11(12)4/h1,8-10,13H,7H2,2-5H3. The minimum absolute atomic E-state index is 0.294. The van der Waals surface area contributed by atoms with Crippen molar-refractivity contribution in [1.29, 1.82) is 0 Å². The van der Waals surface area contributed by atoms with Crippen LogP contribution in [-0.2, 0) is 7.05 Å². The highest BCUT2D eigenvalue weighted by Crippen LogP contribution is 2.16. The third kappa shape index (κ3) is 3.10. The number of aryl methyl sites for hydroxylation is 2. The summed E-state index contributed by atoms with van der Waals surface area (Å²) in [6, 6.07) is 0.631. The molecule has 0 spiro atoms. The van der Waals surface area contributed by atoms with Gasteiger partial charge in [-0.1, -0.05) is 0 Å². The summed E-state index contributed by atoms with van der Waals surface area (Å²) in [5, 5.41) is 7.78. The van der Waals surface area contributed by atoms with Crippen LogP contribution in [0.2, 0.25) is 0 Å². The molecule has 2 atom stereocenters. The Hall–Kier alpha value is -1.27. The average molecular weight is 205 g/mol. The molecule has 2 unspecified atom stereocenters. The van der Waals surface area contributed by atoms with Crippen molar-refractivity contribution in [2.45, 2.75) is 39.3 Å². The maximum absolute atomic E-state index is 5.27. The van der Waals surface area contributed by atoms with E-state index in [1.807, 2.05) is 18.7 Å². The minimum atomic E-state index is 0.294. The van der Waals surface area contributed by atoms with Crippen LogP contribution in [0, 0.1) is 19.3 Å². The lowest BCUT2D eigenvalue weighted by atomic mass is 10.1. The summed E-state index contributed by atoms with van der Waals surface area (Å²) < 4.78 is 1.84. The van der Waals surface area contributed by atoms with Crippen LogP contribution in [0.4, 0.5) is 0 Å². The molecule has 82 valence electrons. The molecule has 15 heavy (non-hydrogen) atoms. The Bertz CT molecular complexity index is 359. The van der Waals surface area contributed by atoms with Gasteiger partial charge in [0.1, 0.15) is 0 Å². The molecule has 0 fully saturated rings. The van der Waals surface area contributed by atoms with Crippen molar-refractivity contribution in [2.75, 3.05) is 0 Å². The Kier molecular flexibility index (Phi) is 3.93. The van der Waals surface area contributed by atoms with Crippen molar-refractivity contribution in [3.05, 3.63) is 17.5 Å². The topological polar surface area (TPSA) is 29.9 Å². The highest BCUT2D eigenvalue weighted by molar-refractivity contribution is 5.19. The molecule has 0 amide bonds. The first kappa shape index (κ1) is 11.8. The quantitative estimate of drug-likeness (QED) is 0.759. The van der Waals surface area contributed by atoms with E-state index in [-0.39, 0.29) is 0 Å². The van der Waals surface area contributed by atoms with E-state index in [0.717, 1.165) is 12.1 Å². The zero-order valence-corrected chi connectivity index (χ0v) is 9.91. The maximum Gasteiger partial charge on any atom is 0.0641 e. The summed E-state index contributed by atoms with van der Waals surface area (Å²) in [6.07, 6.45) is 8.08. The number of terminal acetylenes is 1. The van der Waals surface area contributed by atoms with Crippen LogP contribution in [0.3, 0.4) is 0 Å². The lowest BCUT2D eigenvalue weighted by molar-refractivity contribution is 0.485. The largest absolute Gasteiger partial charge is 0.307 e. The van der Waals surface area contributed by atoms with Gasteiger partial charge in [0.2, 0.25) is 0 Å². The lowest BCUT2D eigenvalue weighted by Crippen LogP contribution is -2.28.